The van der Waals surface area contributed by atoms with Crippen molar-refractivity contribution in [3.8, 4) is 0 Å². The number of fused-ring (bicyclic) bond motifs is 2. The van der Waals surface area contributed by atoms with E-state index in [1.165, 1.54) is 63.5 Å². The summed E-state index contributed by atoms with van der Waals surface area (Å²) in [5.41, 5.74) is 6.90. The Labute approximate surface area is 327 Å². The zero-order chi connectivity index (χ0) is 37.4. The van der Waals surface area contributed by atoms with Gasteiger partial charge in [0.2, 0.25) is 0 Å². The van der Waals surface area contributed by atoms with Crippen LogP contribution in [0.25, 0.3) is 0 Å². The minimum Gasteiger partial charge on any atom is -0.453 e. The number of Topliss-reactive ketones (excluding diaryl/α,β-unsaturated/α-hetero) is 1. The molecule has 2 spiro atoms. The standard InChI is InChI=1S/C47H63N3O5/c1-3-8-39-45-23-32-16-17-46(45,47(39)35-13-6-11-30(12-7-18-48)40(35)43(52)55-47)42(54-44(45)53)38(51)22-37(29-9-4-5-10-29)49-24-28-21-33(26-49)36-15-14-31-19-27(2)20-34(32)41(31)50(36)25-28/h6,11,13,23,27-29,31,33-34,36-37,39,41-42H,3-5,7-10,12,14-22,24-26,48H2,1-2H3. The van der Waals surface area contributed by atoms with E-state index >= 15 is 9.59 Å². The molecule has 4 aliphatic carbocycles. The molecule has 9 aliphatic heterocycles. The van der Waals surface area contributed by atoms with Crippen molar-refractivity contribution < 1.29 is 23.9 Å². The minimum atomic E-state index is -1.08. The van der Waals surface area contributed by atoms with Crippen LogP contribution < -0.4 is 5.73 Å². The van der Waals surface area contributed by atoms with Gasteiger partial charge in [0.15, 0.2) is 17.5 Å². The maximum absolute atomic E-state index is 15.6. The van der Waals surface area contributed by atoms with Crippen molar-refractivity contribution in [2.45, 2.75) is 146 Å². The molecule has 1 aromatic rings. The molecule has 1 aromatic carbocycles. The van der Waals surface area contributed by atoms with Crippen LogP contribution in [0.3, 0.4) is 0 Å². The van der Waals surface area contributed by atoms with Crippen LogP contribution in [0.15, 0.2) is 29.8 Å². The predicted molar refractivity (Wildman–Crippen MR) is 209 cm³/mol. The average molecular weight is 750 g/mol. The number of rotatable bonds is 6. The third-order valence-corrected chi connectivity index (χ3v) is 18.0. The highest BCUT2D eigenvalue weighted by Gasteiger charge is 2.92. The number of benzene rings is 1. The zero-order valence-electron chi connectivity index (χ0n) is 33.3. The van der Waals surface area contributed by atoms with E-state index in [0.717, 1.165) is 56.3 Å². The first-order valence-corrected chi connectivity index (χ1v) is 22.8. The third-order valence-electron chi connectivity index (χ3n) is 18.0. The average Bonchev–Trinajstić information content (AvgIpc) is 3.89. The molecule has 296 valence electrons. The number of nitrogens with two attached hydrogens (primary N) is 1. The van der Waals surface area contributed by atoms with E-state index < -0.39 is 22.5 Å². The van der Waals surface area contributed by atoms with Crippen LogP contribution >= 0.6 is 0 Å². The van der Waals surface area contributed by atoms with Crippen LogP contribution in [0.4, 0.5) is 0 Å². The van der Waals surface area contributed by atoms with Crippen LogP contribution in [0.2, 0.25) is 0 Å². The van der Waals surface area contributed by atoms with Crippen LogP contribution in [0.5, 0.6) is 0 Å². The first-order valence-electron chi connectivity index (χ1n) is 22.8. The molecule has 6 saturated heterocycles. The summed E-state index contributed by atoms with van der Waals surface area (Å²) >= 11 is 0. The molecule has 14 rings (SSSR count). The minimum absolute atomic E-state index is 0.0689. The molecule has 0 radical (unpaired) electrons. The first kappa shape index (κ1) is 35.6. The molecule has 9 fully saturated rings. The van der Waals surface area contributed by atoms with Crippen molar-refractivity contribution in [3.05, 3.63) is 46.5 Å². The number of ketones is 1. The molecular weight excluding hydrogens is 687 g/mol. The molecule has 0 aromatic heterocycles. The monoisotopic (exact) mass is 749 g/mol. The summed E-state index contributed by atoms with van der Waals surface area (Å²) in [6, 6.07) is 7.50. The molecular formula is C47H63N3O5. The summed E-state index contributed by atoms with van der Waals surface area (Å²) in [5, 5.41) is 0. The van der Waals surface area contributed by atoms with Crippen LogP contribution in [0.1, 0.15) is 132 Å². The summed E-state index contributed by atoms with van der Waals surface area (Å²) < 4.78 is 13.7. The van der Waals surface area contributed by atoms with Gasteiger partial charge in [-0.1, -0.05) is 63.0 Å². The third kappa shape index (κ3) is 4.54. The number of aryl methyl sites for hydroxylation is 1. The molecule has 15 unspecified atom stereocenters. The van der Waals surface area contributed by atoms with Gasteiger partial charge in [-0.15, -0.1) is 0 Å². The van der Waals surface area contributed by atoms with Crippen molar-refractivity contribution >= 4 is 17.7 Å². The quantitative estimate of drug-likeness (QED) is 0.246. The lowest BCUT2D eigenvalue weighted by atomic mass is 9.30. The summed E-state index contributed by atoms with van der Waals surface area (Å²) in [7, 11) is 0. The van der Waals surface area contributed by atoms with Crippen molar-refractivity contribution in [3.63, 3.8) is 0 Å². The van der Waals surface area contributed by atoms with Crippen LogP contribution in [-0.2, 0) is 31.1 Å². The highest BCUT2D eigenvalue weighted by Crippen LogP contribution is 2.83. The number of carbonyl (C=O) groups is 3. The number of hydrogen-bond donors (Lipinski definition) is 1. The Kier molecular flexibility index (Phi) is 8.24. The molecule has 8 nitrogen and oxygen atoms in total. The van der Waals surface area contributed by atoms with Gasteiger partial charge in [-0.2, -0.15) is 0 Å². The van der Waals surface area contributed by atoms with Crippen molar-refractivity contribution in [2.24, 2.45) is 58.0 Å². The maximum Gasteiger partial charge on any atom is 0.339 e. The van der Waals surface area contributed by atoms with Crippen LogP contribution in [0, 0.1) is 52.3 Å². The molecule has 13 aliphatic rings. The van der Waals surface area contributed by atoms with Gasteiger partial charge < -0.3 is 15.2 Å². The Morgan fingerprint density at radius 1 is 0.945 bits per heavy atom. The number of piperidine rings is 3. The summed E-state index contributed by atoms with van der Waals surface area (Å²) in [5.74, 6) is 2.77. The largest absolute Gasteiger partial charge is 0.453 e. The molecule has 2 N–H and O–H groups in total. The molecule has 3 saturated carbocycles. The van der Waals surface area contributed by atoms with E-state index in [2.05, 4.69) is 41.9 Å². The second-order valence-electron chi connectivity index (χ2n) is 20.4. The smallest absolute Gasteiger partial charge is 0.339 e. The van der Waals surface area contributed by atoms with Gasteiger partial charge in [0.1, 0.15) is 5.41 Å². The fourth-order valence-corrected chi connectivity index (χ4v) is 16.4. The van der Waals surface area contributed by atoms with E-state index in [0.29, 0.717) is 79.0 Å². The summed E-state index contributed by atoms with van der Waals surface area (Å²) in [4.78, 5) is 51.0. The number of carbonyl (C=O) groups excluding carboxylic acids is 3. The SMILES string of the molecule is CCCC1C23C=C4CCC2(C(OC3=O)C(=O)CC(C2CCCC2)N2CC3CC(C2)C2CCC5CC(C)CC4C5N2C3)C12OC(=O)c1c(CCCN)cccc12. The van der Waals surface area contributed by atoms with Gasteiger partial charge in [0.05, 0.1) is 11.0 Å². The molecule has 8 heteroatoms. The normalized spacial score (nSPS) is 47.8. The van der Waals surface area contributed by atoms with Crippen molar-refractivity contribution in [1.29, 1.82) is 0 Å². The Morgan fingerprint density at radius 2 is 1.80 bits per heavy atom. The van der Waals surface area contributed by atoms with Gasteiger partial charge in [-0.25, -0.2) is 4.79 Å². The Bertz CT molecular complexity index is 1820. The second kappa shape index (κ2) is 12.7. The maximum atomic E-state index is 15.6. The van der Waals surface area contributed by atoms with Crippen molar-refractivity contribution in [2.75, 3.05) is 26.2 Å². The van der Waals surface area contributed by atoms with Gasteiger partial charge in [0.25, 0.3) is 0 Å². The van der Waals surface area contributed by atoms with Gasteiger partial charge >= 0.3 is 11.9 Å². The lowest BCUT2D eigenvalue weighted by Gasteiger charge is -2.70. The lowest BCUT2D eigenvalue weighted by molar-refractivity contribution is -0.292. The van der Waals surface area contributed by atoms with Gasteiger partial charge in [-0.05, 0) is 125 Å². The van der Waals surface area contributed by atoms with E-state index in [1.54, 1.807) is 0 Å². The van der Waals surface area contributed by atoms with Crippen LogP contribution in [-0.4, -0.2) is 77.9 Å². The number of hydrogen-bond acceptors (Lipinski definition) is 8. The van der Waals surface area contributed by atoms with E-state index in [9.17, 15) is 4.79 Å². The predicted octanol–water partition coefficient (Wildman–Crippen LogP) is 6.97. The topological polar surface area (TPSA) is 102 Å². The Hall–Kier alpha value is -2.55. The second-order valence-corrected chi connectivity index (χ2v) is 20.4. The van der Waals surface area contributed by atoms with E-state index in [-0.39, 0.29) is 29.7 Å². The number of ether oxygens (including phenoxy) is 2. The Morgan fingerprint density at radius 3 is 2.62 bits per heavy atom. The fourth-order valence-electron chi connectivity index (χ4n) is 16.4. The van der Waals surface area contributed by atoms with Crippen molar-refractivity contribution in [1.82, 2.24) is 9.80 Å². The lowest BCUT2D eigenvalue weighted by Crippen LogP contribution is -2.78. The van der Waals surface area contributed by atoms with E-state index in [1.807, 2.05) is 6.07 Å². The molecule has 55 heavy (non-hydrogen) atoms. The molecule has 10 bridgehead atoms. The fraction of sp³-hybridized carbons (Fsp3) is 0.766. The number of esters is 2. The van der Waals surface area contributed by atoms with E-state index in [4.69, 9.17) is 15.2 Å². The van der Waals surface area contributed by atoms with Gasteiger partial charge in [0, 0.05) is 55.7 Å². The highest BCUT2D eigenvalue weighted by molar-refractivity contribution is 6.01. The Balaban J connectivity index is 1.13. The molecule has 15 atom stereocenters. The van der Waals surface area contributed by atoms with Gasteiger partial charge in [-0.3, -0.25) is 19.4 Å². The molecule has 0 amide bonds. The summed E-state index contributed by atoms with van der Waals surface area (Å²) in [6.07, 6.45) is 17.6. The molecule has 9 heterocycles. The number of nitrogens with zero attached hydrogens (tertiary/aromatic N) is 2. The first-order chi connectivity index (χ1) is 26.8. The zero-order valence-corrected chi connectivity index (χ0v) is 33.3. The highest BCUT2D eigenvalue weighted by atomic mass is 16.6. The summed E-state index contributed by atoms with van der Waals surface area (Å²) in [6.45, 7) is 8.54.